The van der Waals surface area contributed by atoms with Gasteiger partial charge in [-0.05, 0) is 44.0 Å². The molecule has 0 amide bonds. The first-order valence-electron chi connectivity index (χ1n) is 6.42. The van der Waals surface area contributed by atoms with Gasteiger partial charge in [-0.15, -0.1) is 0 Å². The van der Waals surface area contributed by atoms with Crippen LogP contribution in [0, 0.1) is 0 Å². The van der Waals surface area contributed by atoms with Crippen molar-refractivity contribution < 1.29 is 26.1 Å². The van der Waals surface area contributed by atoms with Gasteiger partial charge in [-0.25, -0.2) is 0 Å². The van der Waals surface area contributed by atoms with Crippen LogP contribution in [0.25, 0.3) is 0 Å². The van der Waals surface area contributed by atoms with E-state index in [1.165, 1.54) is 12.1 Å². The van der Waals surface area contributed by atoms with Crippen molar-refractivity contribution in [3.8, 4) is 0 Å². The summed E-state index contributed by atoms with van der Waals surface area (Å²) in [5.74, 6) is -0.313. The van der Waals surface area contributed by atoms with E-state index >= 15 is 0 Å². The minimum absolute atomic E-state index is 0.0110. The molecule has 0 aromatic heterocycles. The van der Waals surface area contributed by atoms with Crippen molar-refractivity contribution in [1.82, 2.24) is 5.32 Å². The van der Waals surface area contributed by atoms with Gasteiger partial charge in [-0.2, -0.15) is 21.6 Å². The van der Waals surface area contributed by atoms with E-state index in [2.05, 4.69) is 5.32 Å². The lowest BCUT2D eigenvalue weighted by Crippen LogP contribution is -2.30. The van der Waals surface area contributed by atoms with Crippen molar-refractivity contribution in [2.24, 2.45) is 0 Å². The summed E-state index contributed by atoms with van der Waals surface area (Å²) in [5.41, 5.74) is 0.0813. The third-order valence-corrected chi connectivity index (χ3v) is 3.70. The maximum absolute atomic E-state index is 12.4. The molecule has 1 aromatic rings. The molecule has 0 bridgehead atoms. The Kier molecular flexibility index (Phi) is 6.18. The van der Waals surface area contributed by atoms with Crippen LogP contribution >= 0.6 is 0 Å². The van der Waals surface area contributed by atoms with E-state index in [0.29, 0.717) is 13.0 Å². The van der Waals surface area contributed by atoms with Crippen molar-refractivity contribution in [3.63, 3.8) is 0 Å². The van der Waals surface area contributed by atoms with Crippen molar-refractivity contribution in [3.05, 3.63) is 35.4 Å². The fourth-order valence-corrected chi connectivity index (χ4v) is 2.37. The molecule has 0 aliphatic rings. The highest BCUT2D eigenvalue weighted by atomic mass is 32.2. The molecule has 0 aliphatic carbocycles. The van der Waals surface area contributed by atoms with E-state index in [-0.39, 0.29) is 18.2 Å². The van der Waals surface area contributed by atoms with Gasteiger partial charge in [0, 0.05) is 6.04 Å². The van der Waals surface area contributed by atoms with Crippen molar-refractivity contribution in [1.29, 1.82) is 0 Å². The van der Waals surface area contributed by atoms with E-state index < -0.39 is 21.9 Å². The summed E-state index contributed by atoms with van der Waals surface area (Å²) in [5, 5.41) is 3.05. The average Bonchev–Trinajstić information content (AvgIpc) is 2.33. The predicted molar refractivity (Wildman–Crippen MR) is 73.6 cm³/mol. The SMILES string of the molecule is CC(Cc1ccc(C(F)(F)F)cc1)NCCCS(=O)(=O)O. The molecule has 8 heteroatoms. The standard InChI is InChI=1S/C13H18F3NO3S/c1-10(17-7-2-8-21(18,19)20)9-11-3-5-12(6-4-11)13(14,15)16/h3-6,10,17H,2,7-9H2,1H3,(H,18,19,20). The van der Waals surface area contributed by atoms with Gasteiger partial charge in [0.15, 0.2) is 0 Å². The molecule has 0 spiro atoms. The first kappa shape index (κ1) is 17.9. The maximum Gasteiger partial charge on any atom is 0.416 e. The van der Waals surface area contributed by atoms with Crippen LogP contribution in [0.3, 0.4) is 0 Å². The number of alkyl halides is 3. The van der Waals surface area contributed by atoms with Gasteiger partial charge in [0.05, 0.1) is 11.3 Å². The van der Waals surface area contributed by atoms with E-state index in [0.717, 1.165) is 17.7 Å². The predicted octanol–water partition coefficient (Wildman–Crippen LogP) is 2.50. The fraction of sp³-hybridized carbons (Fsp3) is 0.538. The zero-order chi connectivity index (χ0) is 16.1. The molecule has 0 saturated carbocycles. The van der Waals surface area contributed by atoms with Crippen LogP contribution in [0.4, 0.5) is 13.2 Å². The highest BCUT2D eigenvalue weighted by Gasteiger charge is 2.29. The summed E-state index contributed by atoms with van der Waals surface area (Å²) in [7, 11) is -3.95. The van der Waals surface area contributed by atoms with E-state index in [4.69, 9.17) is 4.55 Å². The van der Waals surface area contributed by atoms with Gasteiger partial charge in [0.1, 0.15) is 0 Å². The molecule has 1 rings (SSSR count). The van der Waals surface area contributed by atoms with Crippen LogP contribution in [-0.2, 0) is 22.7 Å². The molecule has 1 aromatic carbocycles. The fourth-order valence-electron chi connectivity index (χ4n) is 1.86. The number of benzene rings is 1. The number of rotatable bonds is 7. The Morgan fingerprint density at radius 2 is 1.81 bits per heavy atom. The zero-order valence-corrected chi connectivity index (χ0v) is 12.3. The van der Waals surface area contributed by atoms with Gasteiger partial charge < -0.3 is 5.32 Å². The molecule has 4 nitrogen and oxygen atoms in total. The van der Waals surface area contributed by atoms with E-state index in [1.807, 2.05) is 6.92 Å². The second kappa shape index (κ2) is 7.24. The van der Waals surface area contributed by atoms with Gasteiger partial charge in [0.25, 0.3) is 10.1 Å². The quantitative estimate of drug-likeness (QED) is 0.597. The largest absolute Gasteiger partial charge is 0.416 e. The summed E-state index contributed by atoms with van der Waals surface area (Å²) in [6, 6.07) is 4.93. The lowest BCUT2D eigenvalue weighted by Gasteiger charge is -2.14. The van der Waals surface area contributed by atoms with Crippen LogP contribution in [0.5, 0.6) is 0 Å². The summed E-state index contributed by atoms with van der Waals surface area (Å²) >= 11 is 0. The Labute approximate surface area is 122 Å². The normalized spacial score (nSPS) is 14.1. The lowest BCUT2D eigenvalue weighted by atomic mass is 10.0. The van der Waals surface area contributed by atoms with Gasteiger partial charge >= 0.3 is 6.18 Å². The first-order valence-corrected chi connectivity index (χ1v) is 8.03. The van der Waals surface area contributed by atoms with Crippen LogP contribution in [0.15, 0.2) is 24.3 Å². The molecule has 0 saturated heterocycles. The molecule has 21 heavy (non-hydrogen) atoms. The highest BCUT2D eigenvalue weighted by molar-refractivity contribution is 7.85. The minimum Gasteiger partial charge on any atom is -0.314 e. The van der Waals surface area contributed by atoms with E-state index in [1.54, 1.807) is 0 Å². The minimum atomic E-state index is -4.34. The molecular weight excluding hydrogens is 307 g/mol. The van der Waals surface area contributed by atoms with Crippen LogP contribution < -0.4 is 5.32 Å². The Morgan fingerprint density at radius 1 is 1.24 bits per heavy atom. The summed E-state index contributed by atoms with van der Waals surface area (Å²) in [4.78, 5) is 0. The second-order valence-corrected chi connectivity index (χ2v) is 6.47. The number of hydrogen-bond donors (Lipinski definition) is 2. The topological polar surface area (TPSA) is 66.4 Å². The van der Waals surface area contributed by atoms with Crippen LogP contribution in [0.1, 0.15) is 24.5 Å². The number of nitrogens with one attached hydrogen (secondary N) is 1. The second-order valence-electron chi connectivity index (χ2n) is 4.89. The summed E-state index contributed by atoms with van der Waals surface area (Å²) in [6.45, 7) is 2.26. The monoisotopic (exact) mass is 325 g/mol. The molecule has 0 heterocycles. The Hall–Kier alpha value is -1.12. The lowest BCUT2D eigenvalue weighted by molar-refractivity contribution is -0.137. The average molecular weight is 325 g/mol. The molecule has 0 radical (unpaired) electrons. The summed E-state index contributed by atoms with van der Waals surface area (Å²) < 4.78 is 66.8. The summed E-state index contributed by atoms with van der Waals surface area (Å²) in [6.07, 6.45) is -3.53. The third-order valence-electron chi connectivity index (χ3n) is 2.90. The molecule has 2 N–H and O–H groups in total. The molecule has 0 fully saturated rings. The van der Waals surface area contributed by atoms with Crippen LogP contribution in [0.2, 0.25) is 0 Å². The Balaban J connectivity index is 2.39. The van der Waals surface area contributed by atoms with Crippen LogP contribution in [-0.4, -0.2) is 31.3 Å². The smallest absolute Gasteiger partial charge is 0.314 e. The van der Waals surface area contributed by atoms with Crippen molar-refractivity contribution >= 4 is 10.1 Å². The molecule has 0 aliphatic heterocycles. The molecule has 1 unspecified atom stereocenters. The molecular formula is C13H18F3NO3S. The third kappa shape index (κ3) is 7.45. The Morgan fingerprint density at radius 3 is 2.29 bits per heavy atom. The number of hydrogen-bond acceptors (Lipinski definition) is 3. The zero-order valence-electron chi connectivity index (χ0n) is 11.5. The Bertz CT molecular complexity index is 541. The van der Waals surface area contributed by atoms with Gasteiger partial charge in [-0.1, -0.05) is 12.1 Å². The maximum atomic E-state index is 12.4. The first-order chi connectivity index (χ1) is 9.58. The van der Waals surface area contributed by atoms with Crippen molar-refractivity contribution in [2.75, 3.05) is 12.3 Å². The van der Waals surface area contributed by atoms with Gasteiger partial charge in [0.2, 0.25) is 0 Å². The highest BCUT2D eigenvalue weighted by Crippen LogP contribution is 2.29. The van der Waals surface area contributed by atoms with Crippen molar-refractivity contribution in [2.45, 2.75) is 32.0 Å². The van der Waals surface area contributed by atoms with Gasteiger partial charge in [-0.3, -0.25) is 4.55 Å². The molecule has 120 valence electrons. The van der Waals surface area contributed by atoms with E-state index in [9.17, 15) is 21.6 Å². The number of halogens is 3. The molecule has 1 atom stereocenters.